The zero-order chi connectivity index (χ0) is 20.0. The lowest BCUT2D eigenvalue weighted by Crippen LogP contribution is -2.21. The number of benzene rings is 2. The molecule has 0 spiro atoms. The summed E-state index contributed by atoms with van der Waals surface area (Å²) >= 11 is 0. The van der Waals surface area contributed by atoms with E-state index in [1.54, 1.807) is 6.92 Å². The van der Waals surface area contributed by atoms with Crippen LogP contribution < -0.4 is 9.47 Å². The first-order valence-electron chi connectivity index (χ1n) is 9.56. The van der Waals surface area contributed by atoms with Crippen molar-refractivity contribution in [2.24, 2.45) is 5.41 Å². The van der Waals surface area contributed by atoms with Crippen molar-refractivity contribution in [1.29, 1.82) is 0 Å². The van der Waals surface area contributed by atoms with Gasteiger partial charge in [0.25, 0.3) is 0 Å². The molecule has 0 radical (unpaired) electrons. The number of ether oxygens (including phenoxy) is 2. The summed E-state index contributed by atoms with van der Waals surface area (Å²) in [7, 11) is 0. The highest BCUT2D eigenvalue weighted by molar-refractivity contribution is 5.76. The zero-order valence-corrected chi connectivity index (χ0v) is 16.4. The lowest BCUT2D eigenvalue weighted by atomic mass is 9.96. The maximum atomic E-state index is 11.5. The van der Waals surface area contributed by atoms with Gasteiger partial charge in [-0.05, 0) is 62.1 Å². The van der Waals surface area contributed by atoms with Gasteiger partial charge < -0.3 is 14.6 Å². The summed E-state index contributed by atoms with van der Waals surface area (Å²) in [6.07, 6.45) is 2.49. The van der Waals surface area contributed by atoms with Crippen molar-refractivity contribution in [3.05, 3.63) is 59.7 Å². The minimum atomic E-state index is -0.860. The second-order valence-electron chi connectivity index (χ2n) is 7.48. The average molecular weight is 378 g/mol. The molecule has 2 aromatic rings. The van der Waals surface area contributed by atoms with Crippen molar-refractivity contribution in [1.82, 2.24) is 0 Å². The topological polar surface area (TPSA) is 55.8 Å². The normalized spacial score (nSPS) is 15.1. The van der Waals surface area contributed by atoms with Gasteiger partial charge in [0.1, 0.15) is 11.5 Å². The van der Waals surface area contributed by atoms with E-state index in [1.807, 2.05) is 42.5 Å². The highest BCUT2D eigenvalue weighted by Gasteiger charge is 2.44. The molecule has 1 aliphatic rings. The first-order valence-corrected chi connectivity index (χ1v) is 9.56. The quantitative estimate of drug-likeness (QED) is 0.636. The Hall–Kier alpha value is -2.93. The van der Waals surface area contributed by atoms with E-state index < -0.39 is 11.9 Å². The van der Waals surface area contributed by atoms with Gasteiger partial charge >= 0.3 is 5.97 Å². The van der Waals surface area contributed by atoms with Gasteiger partial charge in [-0.25, -0.2) is 0 Å². The summed E-state index contributed by atoms with van der Waals surface area (Å²) in [4.78, 5) is 11.5. The second-order valence-corrected chi connectivity index (χ2v) is 7.48. The fourth-order valence-corrected chi connectivity index (χ4v) is 3.03. The van der Waals surface area contributed by atoms with Crippen LogP contribution in [0.25, 0.3) is 0 Å². The number of hydrogen-bond acceptors (Lipinski definition) is 3. The number of carboxylic acids is 1. The summed E-state index contributed by atoms with van der Waals surface area (Å²) in [6.45, 7) is 5.01. The van der Waals surface area contributed by atoms with Crippen molar-refractivity contribution in [3.8, 4) is 23.3 Å². The number of hydrogen-bond donors (Lipinski definition) is 1. The Morgan fingerprint density at radius 3 is 2.36 bits per heavy atom. The van der Waals surface area contributed by atoms with Crippen LogP contribution >= 0.6 is 0 Å². The predicted octanol–water partition coefficient (Wildman–Crippen LogP) is 4.81. The molecule has 4 heteroatoms. The van der Waals surface area contributed by atoms with Gasteiger partial charge in [-0.2, -0.15) is 0 Å². The molecule has 2 aromatic carbocycles. The third kappa shape index (κ3) is 5.29. The maximum Gasteiger partial charge on any atom is 0.311 e. The van der Waals surface area contributed by atoms with Gasteiger partial charge in [0.05, 0.1) is 19.1 Å². The van der Waals surface area contributed by atoms with E-state index in [2.05, 4.69) is 24.8 Å². The summed E-state index contributed by atoms with van der Waals surface area (Å²) in [6, 6.07) is 15.4. The predicted molar refractivity (Wildman–Crippen MR) is 109 cm³/mol. The highest BCUT2D eigenvalue weighted by Crippen LogP contribution is 2.46. The molecule has 0 aromatic heterocycles. The van der Waals surface area contributed by atoms with Crippen molar-refractivity contribution < 1.29 is 19.4 Å². The van der Waals surface area contributed by atoms with E-state index in [9.17, 15) is 9.90 Å². The summed E-state index contributed by atoms with van der Waals surface area (Å²) in [5.74, 6) is 5.77. The van der Waals surface area contributed by atoms with Crippen LogP contribution in [0, 0.1) is 24.2 Å². The monoisotopic (exact) mass is 378 g/mol. The van der Waals surface area contributed by atoms with Crippen molar-refractivity contribution in [2.75, 3.05) is 13.2 Å². The van der Waals surface area contributed by atoms with Gasteiger partial charge in [-0.15, -0.1) is 11.8 Å². The third-order valence-corrected chi connectivity index (χ3v) is 5.10. The van der Waals surface area contributed by atoms with E-state index in [0.29, 0.717) is 19.6 Å². The van der Waals surface area contributed by atoms with Crippen LogP contribution in [-0.2, 0) is 4.79 Å². The molecule has 1 unspecified atom stereocenters. The van der Waals surface area contributed by atoms with E-state index in [1.165, 1.54) is 5.56 Å². The Kier molecular flexibility index (Phi) is 6.26. The van der Waals surface area contributed by atoms with Gasteiger partial charge in [0.2, 0.25) is 0 Å². The van der Waals surface area contributed by atoms with Crippen molar-refractivity contribution in [2.45, 2.75) is 39.0 Å². The molecule has 0 aliphatic heterocycles. The number of aryl methyl sites for hydroxylation is 1. The molecule has 1 N–H and O–H groups in total. The van der Waals surface area contributed by atoms with Gasteiger partial charge in [0, 0.05) is 11.8 Å². The Balaban J connectivity index is 1.54. The van der Waals surface area contributed by atoms with Gasteiger partial charge in [0.15, 0.2) is 0 Å². The summed E-state index contributed by atoms with van der Waals surface area (Å²) in [5.41, 5.74) is 2.00. The first-order chi connectivity index (χ1) is 13.5. The minimum absolute atomic E-state index is 0.0722. The lowest BCUT2D eigenvalue weighted by Gasteiger charge is -2.18. The van der Waals surface area contributed by atoms with Crippen molar-refractivity contribution >= 4 is 5.97 Å². The molecular formula is C24H26O4. The Bertz CT molecular complexity index is 869. The number of carboxylic acid groups (broad SMARTS) is 1. The van der Waals surface area contributed by atoms with Crippen LogP contribution in [0.3, 0.4) is 0 Å². The standard InChI is InChI=1S/C24H26O4/c1-3-4-8-22(23(25)26)19-9-11-20(12-10-19)27-16-24(13-14-24)17-28-21-7-5-6-18(2)15-21/h5-7,9-12,15,22H,8,13-14,16-17H2,1-2H3,(H,25,26). The number of aliphatic carboxylic acids is 1. The molecule has 1 aliphatic carbocycles. The molecule has 0 amide bonds. The second kappa shape index (κ2) is 8.84. The first kappa shape index (κ1) is 19.8. The van der Waals surface area contributed by atoms with Crippen LogP contribution in [-0.4, -0.2) is 24.3 Å². The Labute approximate surface area is 166 Å². The lowest BCUT2D eigenvalue weighted by molar-refractivity contribution is -0.138. The van der Waals surface area contributed by atoms with Crippen molar-refractivity contribution in [3.63, 3.8) is 0 Å². The van der Waals surface area contributed by atoms with E-state index >= 15 is 0 Å². The van der Waals surface area contributed by atoms with E-state index in [0.717, 1.165) is 29.9 Å². The summed E-state index contributed by atoms with van der Waals surface area (Å²) < 4.78 is 11.9. The average Bonchev–Trinajstić information content (AvgIpc) is 3.46. The van der Waals surface area contributed by atoms with Gasteiger partial charge in [-0.3, -0.25) is 4.79 Å². The van der Waals surface area contributed by atoms with Gasteiger partial charge in [-0.1, -0.05) is 24.3 Å². The van der Waals surface area contributed by atoms with Crippen LogP contribution in [0.5, 0.6) is 11.5 Å². The fraction of sp³-hybridized carbons (Fsp3) is 0.375. The zero-order valence-electron chi connectivity index (χ0n) is 16.4. The fourth-order valence-electron chi connectivity index (χ4n) is 3.03. The molecule has 146 valence electrons. The summed E-state index contributed by atoms with van der Waals surface area (Å²) in [5, 5.41) is 9.40. The Morgan fingerprint density at radius 2 is 1.79 bits per heavy atom. The van der Waals surface area contributed by atoms with Crippen LogP contribution in [0.4, 0.5) is 0 Å². The van der Waals surface area contributed by atoms with Crippen LogP contribution in [0.1, 0.15) is 43.2 Å². The van der Waals surface area contributed by atoms with Crippen LogP contribution in [0.15, 0.2) is 48.5 Å². The maximum absolute atomic E-state index is 11.5. The van der Waals surface area contributed by atoms with E-state index in [-0.39, 0.29) is 5.41 Å². The molecule has 1 atom stereocenters. The highest BCUT2D eigenvalue weighted by atomic mass is 16.5. The molecule has 0 bridgehead atoms. The largest absolute Gasteiger partial charge is 0.493 e. The smallest absolute Gasteiger partial charge is 0.311 e. The molecular weight excluding hydrogens is 352 g/mol. The van der Waals surface area contributed by atoms with Crippen LogP contribution in [0.2, 0.25) is 0 Å². The molecule has 1 fully saturated rings. The SMILES string of the molecule is CC#CCC(C(=O)O)c1ccc(OCC2(COc3cccc(C)c3)CC2)cc1. The minimum Gasteiger partial charge on any atom is -0.493 e. The number of rotatable bonds is 9. The van der Waals surface area contributed by atoms with E-state index in [4.69, 9.17) is 9.47 Å². The molecule has 28 heavy (non-hydrogen) atoms. The Morgan fingerprint density at radius 1 is 1.11 bits per heavy atom. The number of carbonyl (C=O) groups is 1. The molecule has 4 nitrogen and oxygen atoms in total. The third-order valence-electron chi connectivity index (χ3n) is 5.10. The molecule has 0 saturated heterocycles. The molecule has 3 rings (SSSR count). The molecule has 1 saturated carbocycles. The molecule has 0 heterocycles.